The molecule has 0 bridgehead atoms. The summed E-state index contributed by atoms with van der Waals surface area (Å²) < 4.78 is 10.3. The fourth-order valence-corrected chi connectivity index (χ4v) is 3.11. The fourth-order valence-electron chi connectivity index (χ4n) is 3.11. The lowest BCUT2D eigenvalue weighted by Crippen LogP contribution is -2.51. The van der Waals surface area contributed by atoms with E-state index < -0.39 is 0 Å². The number of ether oxygens (including phenoxy) is 2. The summed E-state index contributed by atoms with van der Waals surface area (Å²) in [6.07, 6.45) is 2.25. The SMILES string of the molecule is CCC1OCCC1C(=O)N1CCN(CCC(=O)OC)CC1. The van der Waals surface area contributed by atoms with E-state index in [2.05, 4.69) is 16.6 Å². The average Bonchev–Trinajstić information content (AvgIpc) is 3.00. The highest BCUT2D eigenvalue weighted by Crippen LogP contribution is 2.25. The molecule has 21 heavy (non-hydrogen) atoms. The minimum absolute atomic E-state index is 0.0385. The van der Waals surface area contributed by atoms with Gasteiger partial charge in [0.15, 0.2) is 0 Å². The van der Waals surface area contributed by atoms with Gasteiger partial charge >= 0.3 is 5.97 Å². The van der Waals surface area contributed by atoms with Gasteiger partial charge in [0.2, 0.25) is 5.91 Å². The van der Waals surface area contributed by atoms with Gasteiger partial charge in [-0.2, -0.15) is 0 Å². The maximum absolute atomic E-state index is 12.5. The monoisotopic (exact) mass is 298 g/mol. The molecule has 0 spiro atoms. The second kappa shape index (κ2) is 7.75. The third-order valence-electron chi connectivity index (χ3n) is 4.47. The third kappa shape index (κ3) is 4.17. The average molecular weight is 298 g/mol. The van der Waals surface area contributed by atoms with Crippen molar-refractivity contribution in [3.8, 4) is 0 Å². The number of hydrogen-bond donors (Lipinski definition) is 0. The number of methoxy groups -OCH3 is 1. The van der Waals surface area contributed by atoms with E-state index in [1.165, 1.54) is 7.11 Å². The van der Waals surface area contributed by atoms with Crippen molar-refractivity contribution in [1.82, 2.24) is 9.80 Å². The number of rotatable bonds is 5. The molecule has 2 heterocycles. The lowest BCUT2D eigenvalue weighted by Gasteiger charge is -2.36. The van der Waals surface area contributed by atoms with Crippen molar-refractivity contribution in [2.24, 2.45) is 5.92 Å². The van der Waals surface area contributed by atoms with Gasteiger partial charge in [-0.15, -0.1) is 0 Å². The summed E-state index contributed by atoms with van der Waals surface area (Å²) in [4.78, 5) is 27.9. The molecule has 0 aliphatic carbocycles. The minimum Gasteiger partial charge on any atom is -0.469 e. The molecule has 2 saturated heterocycles. The van der Waals surface area contributed by atoms with Crippen LogP contribution in [-0.2, 0) is 19.1 Å². The number of carbonyl (C=O) groups is 2. The first-order valence-corrected chi connectivity index (χ1v) is 7.85. The van der Waals surface area contributed by atoms with Crippen LogP contribution in [0.3, 0.4) is 0 Å². The zero-order valence-corrected chi connectivity index (χ0v) is 13.0. The quantitative estimate of drug-likeness (QED) is 0.692. The Morgan fingerprint density at radius 3 is 2.57 bits per heavy atom. The topological polar surface area (TPSA) is 59.1 Å². The molecule has 2 fully saturated rings. The number of amides is 1. The number of hydrogen-bond acceptors (Lipinski definition) is 5. The molecule has 6 nitrogen and oxygen atoms in total. The zero-order valence-electron chi connectivity index (χ0n) is 13.0. The standard InChI is InChI=1S/C15H26N2O4/c1-3-13-12(5-11-21-13)15(19)17-9-7-16(8-10-17)6-4-14(18)20-2/h12-13H,3-11H2,1-2H3. The summed E-state index contributed by atoms with van der Waals surface area (Å²) in [6.45, 7) is 6.62. The number of carbonyl (C=O) groups excluding carboxylic acids is 2. The van der Waals surface area contributed by atoms with Crippen LogP contribution < -0.4 is 0 Å². The summed E-state index contributed by atoms with van der Waals surface area (Å²) in [5.74, 6) is 0.103. The summed E-state index contributed by atoms with van der Waals surface area (Å²) in [7, 11) is 1.41. The van der Waals surface area contributed by atoms with E-state index in [0.717, 1.165) is 39.0 Å². The summed E-state index contributed by atoms with van der Waals surface area (Å²) in [5.41, 5.74) is 0. The first kappa shape index (κ1) is 16.2. The van der Waals surface area contributed by atoms with E-state index in [4.69, 9.17) is 4.74 Å². The van der Waals surface area contributed by atoms with E-state index in [9.17, 15) is 9.59 Å². The highest BCUT2D eigenvalue weighted by molar-refractivity contribution is 5.79. The molecule has 0 aromatic carbocycles. The van der Waals surface area contributed by atoms with Gasteiger partial charge in [-0.1, -0.05) is 6.92 Å². The molecule has 0 aromatic heterocycles. The first-order valence-electron chi connectivity index (χ1n) is 7.85. The molecular formula is C15H26N2O4. The molecular weight excluding hydrogens is 272 g/mol. The van der Waals surface area contributed by atoms with Crippen LogP contribution in [0.2, 0.25) is 0 Å². The number of esters is 1. The van der Waals surface area contributed by atoms with Crippen molar-refractivity contribution in [3.05, 3.63) is 0 Å². The van der Waals surface area contributed by atoms with E-state index >= 15 is 0 Å². The van der Waals surface area contributed by atoms with Crippen LogP contribution in [-0.4, -0.2) is 74.2 Å². The van der Waals surface area contributed by atoms with Crippen molar-refractivity contribution in [3.63, 3.8) is 0 Å². The van der Waals surface area contributed by atoms with Crippen molar-refractivity contribution in [2.75, 3.05) is 46.4 Å². The maximum atomic E-state index is 12.5. The van der Waals surface area contributed by atoms with Gasteiger partial charge in [0.05, 0.1) is 25.6 Å². The molecule has 2 aliphatic heterocycles. The lowest BCUT2D eigenvalue weighted by molar-refractivity contribution is -0.142. The predicted molar refractivity (Wildman–Crippen MR) is 77.8 cm³/mol. The van der Waals surface area contributed by atoms with Gasteiger partial charge in [-0.05, 0) is 12.8 Å². The second-order valence-corrected chi connectivity index (χ2v) is 5.71. The molecule has 0 N–H and O–H groups in total. The second-order valence-electron chi connectivity index (χ2n) is 5.71. The van der Waals surface area contributed by atoms with Crippen LogP contribution in [0.4, 0.5) is 0 Å². The van der Waals surface area contributed by atoms with E-state index in [0.29, 0.717) is 19.6 Å². The number of piperazine rings is 1. The summed E-state index contributed by atoms with van der Waals surface area (Å²) in [6, 6.07) is 0. The van der Waals surface area contributed by atoms with Crippen LogP contribution in [0.15, 0.2) is 0 Å². The van der Waals surface area contributed by atoms with Crippen molar-refractivity contribution in [2.45, 2.75) is 32.3 Å². The Kier molecular flexibility index (Phi) is 5.99. The molecule has 0 aromatic rings. The largest absolute Gasteiger partial charge is 0.469 e. The Hall–Kier alpha value is -1.14. The van der Waals surface area contributed by atoms with Gasteiger partial charge in [0.25, 0.3) is 0 Å². The third-order valence-corrected chi connectivity index (χ3v) is 4.47. The molecule has 120 valence electrons. The Morgan fingerprint density at radius 1 is 1.24 bits per heavy atom. The fraction of sp³-hybridized carbons (Fsp3) is 0.867. The Morgan fingerprint density at radius 2 is 1.95 bits per heavy atom. The Balaban J connectivity index is 1.75. The van der Waals surface area contributed by atoms with Gasteiger partial charge in [-0.25, -0.2) is 0 Å². The molecule has 2 unspecified atom stereocenters. The first-order chi connectivity index (χ1) is 10.2. The molecule has 2 atom stereocenters. The summed E-state index contributed by atoms with van der Waals surface area (Å²) in [5, 5.41) is 0. The number of nitrogens with zero attached hydrogens (tertiary/aromatic N) is 2. The van der Waals surface area contributed by atoms with Crippen LogP contribution in [0.5, 0.6) is 0 Å². The van der Waals surface area contributed by atoms with Crippen LogP contribution in [0, 0.1) is 5.92 Å². The molecule has 2 rings (SSSR count). The van der Waals surface area contributed by atoms with Gasteiger partial charge in [0.1, 0.15) is 0 Å². The van der Waals surface area contributed by atoms with E-state index in [1.54, 1.807) is 0 Å². The van der Waals surface area contributed by atoms with E-state index in [-0.39, 0.29) is 23.9 Å². The smallest absolute Gasteiger partial charge is 0.306 e. The minimum atomic E-state index is -0.178. The lowest BCUT2D eigenvalue weighted by atomic mass is 9.97. The highest BCUT2D eigenvalue weighted by atomic mass is 16.5. The predicted octanol–water partition coefficient (Wildman–Crippen LogP) is 0.509. The Labute approximate surface area is 126 Å². The normalized spacial score (nSPS) is 26.9. The van der Waals surface area contributed by atoms with Crippen LogP contribution in [0.25, 0.3) is 0 Å². The van der Waals surface area contributed by atoms with Crippen LogP contribution >= 0.6 is 0 Å². The van der Waals surface area contributed by atoms with Gasteiger partial charge in [0, 0.05) is 39.3 Å². The van der Waals surface area contributed by atoms with Crippen molar-refractivity contribution < 1.29 is 19.1 Å². The zero-order chi connectivity index (χ0) is 15.2. The van der Waals surface area contributed by atoms with E-state index in [1.807, 2.05) is 4.90 Å². The molecule has 2 aliphatic rings. The van der Waals surface area contributed by atoms with Gasteiger partial charge < -0.3 is 14.4 Å². The van der Waals surface area contributed by atoms with Gasteiger partial charge in [-0.3, -0.25) is 14.5 Å². The molecule has 6 heteroatoms. The summed E-state index contributed by atoms with van der Waals surface area (Å²) >= 11 is 0. The van der Waals surface area contributed by atoms with Crippen molar-refractivity contribution >= 4 is 11.9 Å². The maximum Gasteiger partial charge on any atom is 0.306 e. The van der Waals surface area contributed by atoms with Crippen LogP contribution in [0.1, 0.15) is 26.2 Å². The Bertz CT molecular complexity index is 367. The highest BCUT2D eigenvalue weighted by Gasteiger charge is 2.36. The van der Waals surface area contributed by atoms with Crippen molar-refractivity contribution in [1.29, 1.82) is 0 Å². The molecule has 0 radical (unpaired) electrons. The molecule has 1 amide bonds. The molecule has 0 saturated carbocycles.